The van der Waals surface area contributed by atoms with Crippen LogP contribution in [-0.4, -0.2) is 53.1 Å². The topological polar surface area (TPSA) is 109 Å². The van der Waals surface area contributed by atoms with Crippen molar-refractivity contribution in [3.05, 3.63) is 52.3 Å². The van der Waals surface area contributed by atoms with Gasteiger partial charge in [-0.1, -0.05) is 6.07 Å². The van der Waals surface area contributed by atoms with Crippen LogP contribution in [0, 0.1) is 13.8 Å². The van der Waals surface area contributed by atoms with Gasteiger partial charge in [-0.25, -0.2) is 4.79 Å². The molecule has 0 bridgehead atoms. The van der Waals surface area contributed by atoms with E-state index in [1.54, 1.807) is 43.0 Å². The fourth-order valence-electron chi connectivity index (χ4n) is 3.31. The molecule has 0 saturated carbocycles. The molecule has 160 valence electrons. The lowest BCUT2D eigenvalue weighted by Crippen LogP contribution is -2.30. The van der Waals surface area contributed by atoms with Gasteiger partial charge in [0.15, 0.2) is 12.4 Å². The Morgan fingerprint density at radius 2 is 1.77 bits per heavy atom. The van der Waals surface area contributed by atoms with Crippen LogP contribution in [0.25, 0.3) is 0 Å². The number of H-pyrrole nitrogens is 1. The molecular weight excluding hydrogens is 386 g/mol. The van der Waals surface area contributed by atoms with Crippen molar-refractivity contribution in [1.29, 1.82) is 0 Å². The summed E-state index contributed by atoms with van der Waals surface area (Å²) in [5, 5.41) is 2.62. The van der Waals surface area contributed by atoms with Gasteiger partial charge in [-0.3, -0.25) is 14.4 Å². The summed E-state index contributed by atoms with van der Waals surface area (Å²) in [6.07, 6.45) is 0. The minimum Gasteiger partial charge on any atom is -0.451 e. The molecule has 2 N–H and O–H groups in total. The highest BCUT2D eigenvalue weighted by Crippen LogP contribution is 2.19. The summed E-state index contributed by atoms with van der Waals surface area (Å²) in [6.45, 7) is 9.23. The first-order valence-electron chi connectivity index (χ1n) is 9.75. The van der Waals surface area contributed by atoms with Gasteiger partial charge in [0.05, 0.1) is 0 Å². The highest BCUT2D eigenvalue weighted by Gasteiger charge is 2.21. The number of nitrogens with zero attached hydrogens (tertiary/aromatic N) is 1. The molecule has 1 aromatic heterocycles. The number of hydrogen-bond acceptors (Lipinski definition) is 5. The van der Waals surface area contributed by atoms with Crippen molar-refractivity contribution >= 4 is 29.3 Å². The molecule has 0 saturated heterocycles. The molecule has 8 nitrogen and oxygen atoms in total. The molecule has 2 rings (SSSR count). The van der Waals surface area contributed by atoms with Gasteiger partial charge in [0.2, 0.25) is 0 Å². The van der Waals surface area contributed by atoms with Crippen molar-refractivity contribution in [3.63, 3.8) is 0 Å². The third kappa shape index (κ3) is 5.14. The number of aromatic amines is 1. The number of amides is 2. The van der Waals surface area contributed by atoms with E-state index >= 15 is 0 Å². The van der Waals surface area contributed by atoms with Gasteiger partial charge < -0.3 is 19.9 Å². The minimum atomic E-state index is -0.719. The zero-order valence-electron chi connectivity index (χ0n) is 17.9. The molecule has 0 aliphatic heterocycles. The zero-order chi connectivity index (χ0) is 22.4. The number of nitrogens with one attached hydrogen (secondary N) is 2. The Labute approximate surface area is 175 Å². The number of carbonyl (C=O) groups is 4. The molecule has 2 amide bonds. The first-order valence-corrected chi connectivity index (χ1v) is 9.75. The molecule has 0 unspecified atom stereocenters. The summed E-state index contributed by atoms with van der Waals surface area (Å²) >= 11 is 0. The van der Waals surface area contributed by atoms with Crippen LogP contribution < -0.4 is 5.32 Å². The van der Waals surface area contributed by atoms with Crippen molar-refractivity contribution in [2.75, 3.05) is 25.0 Å². The van der Waals surface area contributed by atoms with E-state index in [-0.39, 0.29) is 17.4 Å². The van der Waals surface area contributed by atoms with E-state index < -0.39 is 18.5 Å². The Balaban J connectivity index is 2.01. The van der Waals surface area contributed by atoms with Crippen molar-refractivity contribution in [2.45, 2.75) is 34.6 Å². The van der Waals surface area contributed by atoms with Gasteiger partial charge in [0.25, 0.3) is 11.8 Å². The fourth-order valence-corrected chi connectivity index (χ4v) is 3.31. The highest BCUT2D eigenvalue weighted by molar-refractivity contribution is 6.02. The second kappa shape index (κ2) is 9.87. The van der Waals surface area contributed by atoms with Crippen LogP contribution in [0.5, 0.6) is 0 Å². The van der Waals surface area contributed by atoms with E-state index in [2.05, 4.69) is 10.3 Å². The van der Waals surface area contributed by atoms with Crippen LogP contribution in [0.4, 0.5) is 5.69 Å². The molecule has 1 aromatic carbocycles. The minimum absolute atomic E-state index is 0.124. The van der Waals surface area contributed by atoms with Gasteiger partial charge in [0.1, 0.15) is 5.69 Å². The van der Waals surface area contributed by atoms with Crippen LogP contribution in [0.15, 0.2) is 24.3 Å². The Morgan fingerprint density at radius 1 is 1.10 bits per heavy atom. The first kappa shape index (κ1) is 22.9. The predicted octanol–water partition coefficient (Wildman–Crippen LogP) is 3.11. The van der Waals surface area contributed by atoms with Crippen molar-refractivity contribution in [1.82, 2.24) is 9.88 Å². The maximum atomic E-state index is 12.4. The van der Waals surface area contributed by atoms with Crippen LogP contribution >= 0.6 is 0 Å². The molecule has 0 fully saturated rings. The van der Waals surface area contributed by atoms with Gasteiger partial charge in [-0.05, 0) is 58.4 Å². The third-order valence-corrected chi connectivity index (χ3v) is 4.77. The van der Waals surface area contributed by atoms with Crippen LogP contribution in [0.3, 0.4) is 0 Å². The number of anilines is 1. The van der Waals surface area contributed by atoms with E-state index in [9.17, 15) is 19.2 Å². The molecule has 8 heteroatoms. The number of benzene rings is 1. The Hall–Kier alpha value is -3.42. The molecule has 0 aliphatic carbocycles. The van der Waals surface area contributed by atoms with Gasteiger partial charge in [-0.2, -0.15) is 0 Å². The summed E-state index contributed by atoms with van der Waals surface area (Å²) < 4.78 is 5.07. The lowest BCUT2D eigenvalue weighted by Gasteiger charge is -2.19. The second-order valence-electron chi connectivity index (χ2n) is 6.86. The highest BCUT2D eigenvalue weighted by atomic mass is 16.5. The number of carbonyl (C=O) groups excluding carboxylic acids is 4. The van der Waals surface area contributed by atoms with Gasteiger partial charge >= 0.3 is 5.97 Å². The monoisotopic (exact) mass is 413 g/mol. The SMILES string of the molecule is CCN(CC)C(=O)c1cccc(NC(=O)COC(=O)c2[nH]c(C)c(C(C)=O)c2C)c1. The molecule has 30 heavy (non-hydrogen) atoms. The number of ether oxygens (including phenoxy) is 1. The van der Waals surface area contributed by atoms with Crippen LogP contribution in [0.2, 0.25) is 0 Å². The fraction of sp³-hybridized carbons (Fsp3) is 0.364. The van der Waals surface area contributed by atoms with Crippen molar-refractivity contribution in [3.8, 4) is 0 Å². The number of ketones is 1. The van der Waals surface area contributed by atoms with E-state index in [4.69, 9.17) is 4.74 Å². The van der Waals surface area contributed by atoms with Gasteiger partial charge in [-0.15, -0.1) is 0 Å². The van der Waals surface area contributed by atoms with E-state index in [1.165, 1.54) is 6.92 Å². The molecule has 0 radical (unpaired) electrons. The zero-order valence-corrected chi connectivity index (χ0v) is 17.9. The van der Waals surface area contributed by atoms with E-state index in [1.807, 2.05) is 13.8 Å². The molecule has 2 aromatic rings. The summed E-state index contributed by atoms with van der Waals surface area (Å²) in [4.78, 5) is 53.1. The smallest absolute Gasteiger partial charge is 0.355 e. The van der Waals surface area contributed by atoms with Crippen molar-refractivity contribution in [2.24, 2.45) is 0 Å². The number of hydrogen-bond donors (Lipinski definition) is 2. The Morgan fingerprint density at radius 3 is 2.33 bits per heavy atom. The number of aryl methyl sites for hydroxylation is 1. The third-order valence-electron chi connectivity index (χ3n) is 4.77. The van der Waals surface area contributed by atoms with Crippen LogP contribution in [0.1, 0.15) is 63.2 Å². The lowest BCUT2D eigenvalue weighted by molar-refractivity contribution is -0.119. The summed E-state index contributed by atoms with van der Waals surface area (Å²) in [6, 6.07) is 6.58. The largest absolute Gasteiger partial charge is 0.451 e. The average Bonchev–Trinajstić information content (AvgIpc) is 3.01. The number of rotatable bonds is 8. The predicted molar refractivity (Wildman–Crippen MR) is 113 cm³/mol. The molecule has 1 heterocycles. The first-order chi connectivity index (χ1) is 14.2. The molecule has 0 aliphatic rings. The van der Waals surface area contributed by atoms with Crippen molar-refractivity contribution < 1.29 is 23.9 Å². The van der Waals surface area contributed by atoms with Crippen LogP contribution in [-0.2, 0) is 9.53 Å². The van der Waals surface area contributed by atoms with Gasteiger partial charge in [0, 0.05) is 35.6 Å². The molecule has 0 atom stereocenters. The standard InChI is InChI=1S/C22H27N3O5/c1-6-25(7-2)21(28)16-9-8-10-17(11-16)24-18(27)12-30-22(29)20-13(3)19(15(5)26)14(4)23-20/h8-11,23H,6-7,12H2,1-5H3,(H,24,27). The average molecular weight is 413 g/mol. The molecular formula is C22H27N3O5. The quantitative estimate of drug-likeness (QED) is 0.511. The second-order valence-corrected chi connectivity index (χ2v) is 6.86. The van der Waals surface area contributed by atoms with E-state index in [0.717, 1.165) is 0 Å². The molecule has 0 spiro atoms. The normalized spacial score (nSPS) is 10.4. The summed E-state index contributed by atoms with van der Waals surface area (Å²) in [5.41, 5.74) is 2.56. The summed E-state index contributed by atoms with van der Waals surface area (Å²) in [7, 11) is 0. The maximum absolute atomic E-state index is 12.4. The number of esters is 1. The van der Waals surface area contributed by atoms with E-state index in [0.29, 0.717) is 41.2 Å². The summed E-state index contributed by atoms with van der Waals surface area (Å²) in [5.74, 6) is -1.54. The Bertz CT molecular complexity index is 973. The lowest BCUT2D eigenvalue weighted by atomic mass is 10.1. The Kier molecular flexibility index (Phi) is 7.52. The number of aromatic nitrogens is 1. The maximum Gasteiger partial charge on any atom is 0.355 e. The number of Topliss-reactive ketones (excluding diaryl/α,β-unsaturated/α-hetero) is 1.